The normalized spacial score (nSPS) is 10.5. The molecule has 0 atom stereocenters. The Bertz CT molecular complexity index is 601. The molecule has 1 amide bonds. The molecule has 0 saturated heterocycles. The quantitative estimate of drug-likeness (QED) is 0.495. The highest BCUT2D eigenvalue weighted by atomic mass is 16.5. The molecule has 0 bridgehead atoms. The molecule has 2 aromatic rings. The van der Waals surface area contributed by atoms with E-state index in [4.69, 9.17) is 5.21 Å². The van der Waals surface area contributed by atoms with Crippen LogP contribution in [0.2, 0.25) is 0 Å². The van der Waals surface area contributed by atoms with Gasteiger partial charge in [0.15, 0.2) is 0 Å². The lowest BCUT2D eigenvalue weighted by atomic mass is 10.1. The van der Waals surface area contributed by atoms with Gasteiger partial charge in [0.2, 0.25) is 11.8 Å². The molecule has 0 spiro atoms. The molecule has 3 N–H and O–H groups in total. The predicted octanol–water partition coefficient (Wildman–Crippen LogP) is 1.20. The van der Waals surface area contributed by atoms with Gasteiger partial charge in [-0.1, -0.05) is 0 Å². The van der Waals surface area contributed by atoms with Gasteiger partial charge in [-0.05, 0) is 18.2 Å². The molecular formula is C9H6N2O5. The predicted molar refractivity (Wildman–Crippen MR) is 52.6 cm³/mol. The number of aromatic nitrogens is 1. The number of nitrogens with zero attached hydrogens (tertiary/aromatic N) is 2. The maximum atomic E-state index is 11.0. The zero-order valence-electron chi connectivity index (χ0n) is 7.78. The summed E-state index contributed by atoms with van der Waals surface area (Å²) in [5.41, 5.74) is -0.0385. The highest BCUT2D eigenvalue weighted by molar-refractivity contribution is 6.01. The first kappa shape index (κ1) is 9.97. The highest BCUT2D eigenvalue weighted by Crippen LogP contribution is 2.35. The first-order valence-corrected chi connectivity index (χ1v) is 4.19. The van der Waals surface area contributed by atoms with Gasteiger partial charge >= 0.3 is 5.91 Å². The lowest BCUT2D eigenvalue weighted by Crippen LogP contribution is -1.91. The molecule has 2 rings (SSSR count). The number of hydrogen-bond acceptors (Lipinski definition) is 5. The van der Waals surface area contributed by atoms with Crippen molar-refractivity contribution in [3.05, 3.63) is 28.7 Å². The molecule has 1 aromatic heterocycles. The molecule has 1 heterocycles. The van der Waals surface area contributed by atoms with Crippen LogP contribution >= 0.6 is 0 Å². The molecule has 0 aliphatic heterocycles. The molecule has 0 aliphatic rings. The summed E-state index contributed by atoms with van der Waals surface area (Å²) < 4.78 is 0.174. The fourth-order valence-corrected chi connectivity index (χ4v) is 1.44. The maximum Gasteiger partial charge on any atom is 0.316 e. The number of hydrogen-bond donors (Lipinski definition) is 3. The van der Waals surface area contributed by atoms with Crippen molar-refractivity contribution in [2.24, 2.45) is 5.18 Å². The summed E-state index contributed by atoms with van der Waals surface area (Å²) in [6.07, 6.45) is 0. The molecule has 0 fully saturated rings. The smallest absolute Gasteiger partial charge is 0.316 e. The van der Waals surface area contributed by atoms with Gasteiger partial charge in [0, 0.05) is 10.7 Å². The van der Waals surface area contributed by atoms with Crippen LogP contribution in [0.1, 0.15) is 10.4 Å². The SMILES string of the molecule is O=NC(=O)c1ccc2c(O)n(O)c(O)c2c1. The lowest BCUT2D eigenvalue weighted by molar-refractivity contribution is 0.100. The van der Waals surface area contributed by atoms with E-state index in [2.05, 4.69) is 5.18 Å². The number of amides is 1. The first-order chi connectivity index (χ1) is 7.56. The van der Waals surface area contributed by atoms with E-state index in [0.717, 1.165) is 6.07 Å². The third-order valence-electron chi connectivity index (χ3n) is 2.23. The third kappa shape index (κ3) is 1.18. The van der Waals surface area contributed by atoms with Crippen molar-refractivity contribution in [3.63, 3.8) is 0 Å². The van der Waals surface area contributed by atoms with Gasteiger partial charge in [-0.15, -0.1) is 9.64 Å². The molecule has 0 unspecified atom stereocenters. The molecule has 1 aromatic carbocycles. The Balaban J connectivity index is 2.76. The molecule has 82 valence electrons. The van der Waals surface area contributed by atoms with Gasteiger partial charge in [-0.3, -0.25) is 4.79 Å². The minimum absolute atomic E-state index is 0.0385. The lowest BCUT2D eigenvalue weighted by Gasteiger charge is -1.93. The second kappa shape index (κ2) is 3.23. The van der Waals surface area contributed by atoms with Crippen molar-refractivity contribution >= 4 is 16.7 Å². The topological polar surface area (TPSA) is 112 Å². The number of rotatable bonds is 1. The van der Waals surface area contributed by atoms with E-state index in [9.17, 15) is 19.9 Å². The van der Waals surface area contributed by atoms with Crippen LogP contribution in [-0.4, -0.2) is 26.1 Å². The van der Waals surface area contributed by atoms with Crippen LogP contribution in [0, 0.1) is 4.91 Å². The summed E-state index contributed by atoms with van der Waals surface area (Å²) in [7, 11) is 0. The number of aromatic hydroxyl groups is 2. The average molecular weight is 222 g/mol. The Morgan fingerprint density at radius 3 is 2.44 bits per heavy atom. The van der Waals surface area contributed by atoms with E-state index in [0.29, 0.717) is 0 Å². The van der Waals surface area contributed by atoms with Gasteiger partial charge in [-0.25, -0.2) is 0 Å². The average Bonchev–Trinajstić information content (AvgIpc) is 2.53. The minimum atomic E-state index is -0.994. The standard InChI is InChI=1S/C9H6N2O5/c12-7(10-15)4-1-2-5-6(3-4)9(14)11(16)8(5)13/h1-3,13-14,16H. The molecule has 7 nitrogen and oxygen atoms in total. The summed E-state index contributed by atoms with van der Waals surface area (Å²) in [5.74, 6) is -2.16. The number of fused-ring (bicyclic) bond motifs is 1. The Kier molecular flexibility index (Phi) is 2.01. The molecule has 0 saturated carbocycles. The second-order valence-electron chi connectivity index (χ2n) is 3.12. The van der Waals surface area contributed by atoms with Gasteiger partial charge < -0.3 is 15.4 Å². The zero-order valence-corrected chi connectivity index (χ0v) is 7.78. The third-order valence-corrected chi connectivity index (χ3v) is 2.23. The maximum absolute atomic E-state index is 11.0. The summed E-state index contributed by atoms with van der Waals surface area (Å²) in [4.78, 5) is 21.0. The minimum Gasteiger partial charge on any atom is -0.492 e. The summed E-state index contributed by atoms with van der Waals surface area (Å²) in [5, 5.41) is 30.3. The molecule has 16 heavy (non-hydrogen) atoms. The van der Waals surface area contributed by atoms with E-state index in [1.54, 1.807) is 0 Å². The second-order valence-corrected chi connectivity index (χ2v) is 3.12. The Morgan fingerprint density at radius 2 is 1.81 bits per heavy atom. The first-order valence-electron chi connectivity index (χ1n) is 4.19. The van der Waals surface area contributed by atoms with Gasteiger partial charge in [0.05, 0.1) is 10.8 Å². The summed E-state index contributed by atoms with van der Waals surface area (Å²) >= 11 is 0. The molecular weight excluding hydrogens is 216 g/mol. The van der Waals surface area contributed by atoms with Crippen LogP contribution in [0.15, 0.2) is 23.4 Å². The fraction of sp³-hybridized carbons (Fsp3) is 0. The van der Waals surface area contributed by atoms with E-state index < -0.39 is 17.7 Å². The van der Waals surface area contributed by atoms with Gasteiger partial charge in [0.1, 0.15) is 0 Å². The van der Waals surface area contributed by atoms with Crippen LogP contribution in [0.5, 0.6) is 11.8 Å². The van der Waals surface area contributed by atoms with Crippen molar-refractivity contribution in [1.29, 1.82) is 0 Å². The van der Waals surface area contributed by atoms with Crippen LogP contribution < -0.4 is 0 Å². The van der Waals surface area contributed by atoms with Crippen LogP contribution in [0.25, 0.3) is 10.8 Å². The van der Waals surface area contributed by atoms with Crippen LogP contribution in [0.3, 0.4) is 0 Å². The van der Waals surface area contributed by atoms with Crippen molar-refractivity contribution in [1.82, 2.24) is 4.73 Å². The van der Waals surface area contributed by atoms with E-state index >= 15 is 0 Å². The zero-order chi connectivity index (χ0) is 11.9. The molecule has 0 radical (unpaired) electrons. The van der Waals surface area contributed by atoms with Gasteiger partial charge in [0.25, 0.3) is 0 Å². The van der Waals surface area contributed by atoms with E-state index in [1.807, 2.05) is 0 Å². The Hall–Kier alpha value is -2.57. The van der Waals surface area contributed by atoms with E-state index in [-0.39, 0.29) is 21.1 Å². The highest BCUT2D eigenvalue weighted by Gasteiger charge is 2.17. The van der Waals surface area contributed by atoms with Gasteiger partial charge in [-0.2, -0.15) is 0 Å². The van der Waals surface area contributed by atoms with Crippen molar-refractivity contribution in [2.75, 3.05) is 0 Å². The van der Waals surface area contributed by atoms with Crippen molar-refractivity contribution in [2.45, 2.75) is 0 Å². The Labute approximate surface area is 88.1 Å². The molecule has 7 heteroatoms. The monoisotopic (exact) mass is 222 g/mol. The fourth-order valence-electron chi connectivity index (χ4n) is 1.44. The number of benzene rings is 1. The van der Waals surface area contributed by atoms with Crippen LogP contribution in [-0.2, 0) is 0 Å². The number of nitroso groups, excluding NO2 is 1. The largest absolute Gasteiger partial charge is 0.492 e. The number of carbonyl (C=O) groups excluding carboxylic acids is 1. The van der Waals surface area contributed by atoms with Crippen LogP contribution in [0.4, 0.5) is 0 Å². The summed E-state index contributed by atoms with van der Waals surface area (Å²) in [6, 6.07) is 3.70. The van der Waals surface area contributed by atoms with Crippen molar-refractivity contribution in [3.8, 4) is 11.8 Å². The number of carbonyl (C=O) groups is 1. The van der Waals surface area contributed by atoms with E-state index in [1.165, 1.54) is 12.1 Å². The molecule has 0 aliphatic carbocycles. The Morgan fingerprint density at radius 1 is 1.19 bits per heavy atom. The van der Waals surface area contributed by atoms with Crippen molar-refractivity contribution < 1.29 is 20.2 Å². The summed E-state index contributed by atoms with van der Waals surface area (Å²) in [6.45, 7) is 0.